The third-order valence-electron chi connectivity index (χ3n) is 5.96. The monoisotopic (exact) mass is 490 g/mol. The van der Waals surface area contributed by atoms with Gasteiger partial charge in [-0.25, -0.2) is 4.98 Å². The molecule has 3 aromatic heterocycles. The van der Waals surface area contributed by atoms with E-state index in [4.69, 9.17) is 5.73 Å². The molecule has 5 rings (SSSR count). The highest BCUT2D eigenvalue weighted by Crippen LogP contribution is 2.29. The zero-order valence-corrected chi connectivity index (χ0v) is 19.2. The largest absolute Gasteiger partial charge is 0.417 e. The van der Waals surface area contributed by atoms with Gasteiger partial charge in [0.2, 0.25) is 0 Å². The lowest BCUT2D eigenvalue weighted by Gasteiger charge is -2.23. The van der Waals surface area contributed by atoms with Crippen LogP contribution in [-0.2, 0) is 19.3 Å². The molecule has 0 radical (unpaired) electrons. The summed E-state index contributed by atoms with van der Waals surface area (Å²) in [7, 11) is 0. The van der Waals surface area contributed by atoms with Crippen molar-refractivity contribution in [3.8, 4) is 0 Å². The predicted molar refractivity (Wildman–Crippen MR) is 130 cm³/mol. The third-order valence-corrected chi connectivity index (χ3v) is 5.96. The summed E-state index contributed by atoms with van der Waals surface area (Å²) in [6.45, 7) is 2.08. The van der Waals surface area contributed by atoms with Crippen LogP contribution in [0, 0.1) is 6.92 Å². The van der Waals surface area contributed by atoms with Gasteiger partial charge in [-0.15, -0.1) is 0 Å². The number of carbonyl (C=O) groups is 1. The fraction of sp³-hybridized carbons (Fsp3) is 0.154. The van der Waals surface area contributed by atoms with Crippen molar-refractivity contribution in [1.82, 2.24) is 25.1 Å². The number of aryl methyl sites for hydroxylation is 1. The first kappa shape index (κ1) is 23.3. The van der Waals surface area contributed by atoms with Gasteiger partial charge in [0.1, 0.15) is 5.82 Å². The van der Waals surface area contributed by atoms with E-state index < -0.39 is 11.7 Å². The van der Waals surface area contributed by atoms with E-state index in [1.165, 1.54) is 6.07 Å². The molecule has 10 heteroatoms. The van der Waals surface area contributed by atoms with Gasteiger partial charge in [0, 0.05) is 29.1 Å². The molecule has 0 spiro atoms. The number of hydrogen-bond acceptors (Lipinski definition) is 5. The van der Waals surface area contributed by atoms with Crippen LogP contribution >= 0.6 is 0 Å². The molecular formula is C26H21F3N6O. The lowest BCUT2D eigenvalue weighted by Crippen LogP contribution is -2.30. The first-order chi connectivity index (χ1) is 17.2. The van der Waals surface area contributed by atoms with Gasteiger partial charge in [0.05, 0.1) is 35.0 Å². The Kier molecular flexibility index (Phi) is 5.79. The van der Waals surface area contributed by atoms with E-state index in [9.17, 15) is 18.0 Å². The number of halogens is 3. The van der Waals surface area contributed by atoms with Crippen molar-refractivity contribution in [2.45, 2.75) is 26.2 Å². The van der Waals surface area contributed by atoms with Gasteiger partial charge in [0.15, 0.2) is 0 Å². The van der Waals surface area contributed by atoms with Crippen molar-refractivity contribution in [1.29, 1.82) is 0 Å². The van der Waals surface area contributed by atoms with Gasteiger partial charge in [-0.05, 0) is 60.5 Å². The first-order valence-corrected chi connectivity index (χ1v) is 11.1. The summed E-state index contributed by atoms with van der Waals surface area (Å²) in [5.74, 6) is 0.128. The second-order valence-electron chi connectivity index (χ2n) is 8.59. The van der Waals surface area contributed by atoms with E-state index in [1.54, 1.807) is 29.3 Å². The molecule has 2 aromatic carbocycles. The van der Waals surface area contributed by atoms with Crippen LogP contribution in [0.15, 0.2) is 67.0 Å². The molecule has 0 atom stereocenters. The molecule has 0 saturated carbocycles. The standard InChI is InChI=1S/C26H21F3N6O/c1-15-8-19-10-17(4-7-22(19)33-24(15)30)25(36)35(13-16-2-3-18-11-32-34-23(18)9-16)14-21-6-5-20(12-31-21)26(27,28)29/h2-12H,13-14H2,1H3,(H2,30,33)(H,32,34). The smallest absolute Gasteiger partial charge is 0.383 e. The Bertz CT molecular complexity index is 1580. The highest BCUT2D eigenvalue weighted by Gasteiger charge is 2.30. The van der Waals surface area contributed by atoms with E-state index in [1.807, 2.05) is 31.2 Å². The van der Waals surface area contributed by atoms with Gasteiger partial charge >= 0.3 is 6.18 Å². The maximum absolute atomic E-state index is 13.6. The van der Waals surface area contributed by atoms with Crippen LogP contribution in [0.5, 0.6) is 0 Å². The molecule has 182 valence electrons. The molecule has 1 amide bonds. The van der Waals surface area contributed by atoms with Crippen molar-refractivity contribution < 1.29 is 18.0 Å². The minimum absolute atomic E-state index is 0.0229. The molecule has 0 aliphatic rings. The van der Waals surface area contributed by atoms with Gasteiger partial charge in [-0.3, -0.25) is 14.9 Å². The number of benzene rings is 2. The molecule has 0 saturated heterocycles. The number of H-pyrrole nitrogens is 1. The Morgan fingerprint density at radius 1 is 1.00 bits per heavy atom. The van der Waals surface area contributed by atoms with E-state index in [-0.39, 0.29) is 19.0 Å². The number of aromatic nitrogens is 4. The van der Waals surface area contributed by atoms with Crippen LogP contribution in [0.4, 0.5) is 19.0 Å². The number of nitrogens with zero attached hydrogens (tertiary/aromatic N) is 4. The number of hydrogen-bond donors (Lipinski definition) is 2. The molecule has 0 unspecified atom stereocenters. The molecule has 7 nitrogen and oxygen atoms in total. The molecule has 0 aliphatic heterocycles. The maximum Gasteiger partial charge on any atom is 0.417 e. The first-order valence-electron chi connectivity index (χ1n) is 11.1. The lowest BCUT2D eigenvalue weighted by molar-refractivity contribution is -0.137. The maximum atomic E-state index is 13.6. The average Bonchev–Trinajstić information content (AvgIpc) is 3.31. The minimum Gasteiger partial charge on any atom is -0.383 e. The number of nitrogens with one attached hydrogen (secondary N) is 1. The average molecular weight is 490 g/mol. The second-order valence-corrected chi connectivity index (χ2v) is 8.59. The number of fused-ring (bicyclic) bond motifs is 2. The number of pyridine rings is 2. The van der Waals surface area contributed by atoms with E-state index in [0.717, 1.165) is 39.7 Å². The number of aromatic amines is 1. The predicted octanol–water partition coefficient (Wildman–Crippen LogP) is 5.26. The normalized spacial score (nSPS) is 11.8. The molecular weight excluding hydrogens is 469 g/mol. The Hall–Kier alpha value is -4.47. The SMILES string of the molecule is Cc1cc2cc(C(=O)N(Cc3ccc4cn[nH]c4c3)Cc3ccc(C(F)(F)F)cn3)ccc2nc1N. The quantitative estimate of drug-likeness (QED) is 0.350. The van der Waals surface area contributed by atoms with E-state index in [2.05, 4.69) is 20.2 Å². The van der Waals surface area contributed by atoms with Crippen molar-refractivity contribution in [3.05, 3.63) is 94.9 Å². The molecule has 5 aromatic rings. The summed E-state index contributed by atoms with van der Waals surface area (Å²) < 4.78 is 38.9. The van der Waals surface area contributed by atoms with Gasteiger partial charge in [-0.2, -0.15) is 18.3 Å². The number of amides is 1. The van der Waals surface area contributed by atoms with Gasteiger partial charge < -0.3 is 10.6 Å². The molecule has 36 heavy (non-hydrogen) atoms. The third kappa shape index (κ3) is 4.70. The summed E-state index contributed by atoms with van der Waals surface area (Å²) in [5.41, 5.74) is 8.93. The van der Waals surface area contributed by atoms with Crippen molar-refractivity contribution in [2.24, 2.45) is 0 Å². The highest BCUT2D eigenvalue weighted by atomic mass is 19.4. The lowest BCUT2D eigenvalue weighted by atomic mass is 10.1. The number of anilines is 1. The highest BCUT2D eigenvalue weighted by molar-refractivity contribution is 5.98. The Morgan fingerprint density at radius 3 is 2.58 bits per heavy atom. The van der Waals surface area contributed by atoms with Gasteiger partial charge in [0.25, 0.3) is 5.91 Å². The molecule has 0 aliphatic carbocycles. The zero-order chi connectivity index (χ0) is 25.4. The summed E-state index contributed by atoms with van der Waals surface area (Å²) in [5, 5.41) is 8.62. The van der Waals surface area contributed by atoms with Crippen LogP contribution in [0.2, 0.25) is 0 Å². The van der Waals surface area contributed by atoms with Crippen LogP contribution in [0.1, 0.15) is 32.7 Å². The summed E-state index contributed by atoms with van der Waals surface area (Å²) >= 11 is 0. The summed E-state index contributed by atoms with van der Waals surface area (Å²) in [6.07, 6.45) is -2.00. The topological polar surface area (TPSA) is 101 Å². The molecule has 3 heterocycles. The van der Waals surface area contributed by atoms with Crippen LogP contribution in [-0.4, -0.2) is 31.0 Å². The second kappa shape index (κ2) is 8.95. The van der Waals surface area contributed by atoms with Crippen molar-refractivity contribution in [3.63, 3.8) is 0 Å². The van der Waals surface area contributed by atoms with Crippen LogP contribution in [0.25, 0.3) is 21.8 Å². The van der Waals surface area contributed by atoms with Gasteiger partial charge in [-0.1, -0.05) is 12.1 Å². The van der Waals surface area contributed by atoms with Crippen molar-refractivity contribution in [2.75, 3.05) is 5.73 Å². The van der Waals surface area contributed by atoms with Crippen molar-refractivity contribution >= 4 is 33.5 Å². The molecule has 0 bridgehead atoms. The Balaban J connectivity index is 1.49. The van der Waals surface area contributed by atoms with Crippen LogP contribution < -0.4 is 5.73 Å². The number of rotatable bonds is 5. The molecule has 3 N–H and O–H groups in total. The van der Waals surface area contributed by atoms with E-state index in [0.29, 0.717) is 22.6 Å². The summed E-state index contributed by atoms with van der Waals surface area (Å²) in [4.78, 5) is 23.5. The molecule has 0 fully saturated rings. The number of carbonyl (C=O) groups excluding carboxylic acids is 1. The number of alkyl halides is 3. The zero-order valence-electron chi connectivity index (χ0n) is 19.2. The fourth-order valence-corrected chi connectivity index (χ4v) is 4.00. The van der Waals surface area contributed by atoms with E-state index >= 15 is 0 Å². The van der Waals surface area contributed by atoms with Crippen LogP contribution in [0.3, 0.4) is 0 Å². The minimum atomic E-state index is -4.48. The Labute approximate surface area is 203 Å². The fourth-order valence-electron chi connectivity index (χ4n) is 4.00. The number of nitrogen functional groups attached to an aromatic ring is 1. The number of nitrogens with two attached hydrogens (primary N) is 1. The summed E-state index contributed by atoms with van der Waals surface area (Å²) in [6, 6.07) is 14.9. The Morgan fingerprint density at radius 2 is 1.83 bits per heavy atom.